The van der Waals surface area contributed by atoms with Crippen molar-refractivity contribution in [3.63, 3.8) is 0 Å². The summed E-state index contributed by atoms with van der Waals surface area (Å²) in [4.78, 5) is 36.9. The second kappa shape index (κ2) is 10.6. The number of hydrogen-bond donors (Lipinski definition) is 2. The lowest BCUT2D eigenvalue weighted by atomic mass is 9.90. The Morgan fingerprint density at radius 3 is 1.49 bits per heavy atom. The quantitative estimate of drug-likeness (QED) is 0.452. The normalized spacial score (nSPS) is 21.3. The van der Waals surface area contributed by atoms with Crippen molar-refractivity contribution in [3.05, 3.63) is 75.5 Å². The van der Waals surface area contributed by atoms with Gasteiger partial charge in [0.2, 0.25) is 0 Å². The van der Waals surface area contributed by atoms with Crippen LogP contribution < -0.4 is 10.6 Å². The van der Waals surface area contributed by atoms with Crippen molar-refractivity contribution in [2.24, 2.45) is 9.98 Å². The predicted molar refractivity (Wildman–Crippen MR) is 148 cm³/mol. The lowest BCUT2D eigenvalue weighted by Gasteiger charge is -2.30. The molecular formula is C29H30BrN5O2. The van der Waals surface area contributed by atoms with Gasteiger partial charge in [-0.1, -0.05) is 65.2 Å². The van der Waals surface area contributed by atoms with Crippen molar-refractivity contribution >= 4 is 44.9 Å². The SMILES string of the molecule is O=C1NC2(CCCCC2)N=C1c1ccc(Br)cc1.[C-]#[N+]c1ccc(C2=NC3(CCCCC3)NC2=O)cc1. The van der Waals surface area contributed by atoms with Crippen LogP contribution in [0.1, 0.15) is 75.3 Å². The van der Waals surface area contributed by atoms with E-state index < -0.39 is 0 Å². The van der Waals surface area contributed by atoms with Crippen molar-refractivity contribution in [1.29, 1.82) is 0 Å². The Balaban J connectivity index is 0.000000152. The summed E-state index contributed by atoms with van der Waals surface area (Å²) in [7, 11) is 0. The number of carbonyl (C=O) groups is 2. The maximum Gasteiger partial charge on any atom is 0.272 e. The van der Waals surface area contributed by atoms with Crippen molar-refractivity contribution in [2.45, 2.75) is 75.5 Å². The summed E-state index contributed by atoms with van der Waals surface area (Å²) in [5.74, 6) is -0.114. The molecule has 6 rings (SSSR count). The van der Waals surface area contributed by atoms with Crippen molar-refractivity contribution in [3.8, 4) is 0 Å². The Morgan fingerprint density at radius 2 is 1.08 bits per heavy atom. The highest BCUT2D eigenvalue weighted by Crippen LogP contribution is 2.34. The van der Waals surface area contributed by atoms with Crippen molar-refractivity contribution in [1.82, 2.24) is 10.6 Å². The third-order valence-corrected chi connectivity index (χ3v) is 8.05. The first-order valence-electron chi connectivity index (χ1n) is 13.0. The van der Waals surface area contributed by atoms with Gasteiger partial charge in [0.25, 0.3) is 11.8 Å². The van der Waals surface area contributed by atoms with Gasteiger partial charge < -0.3 is 10.6 Å². The number of hydrogen-bond acceptors (Lipinski definition) is 4. The van der Waals surface area contributed by atoms with Crippen LogP contribution >= 0.6 is 15.9 Å². The van der Waals surface area contributed by atoms with Gasteiger partial charge in [-0.2, -0.15) is 0 Å². The second-order valence-corrected chi connectivity index (χ2v) is 11.1. The molecule has 0 saturated heterocycles. The van der Waals surface area contributed by atoms with Crippen LogP contribution in [-0.2, 0) is 9.59 Å². The molecule has 37 heavy (non-hydrogen) atoms. The number of rotatable bonds is 2. The van der Waals surface area contributed by atoms with E-state index in [0.717, 1.165) is 67.0 Å². The fraction of sp³-hybridized carbons (Fsp3) is 0.414. The number of nitrogens with one attached hydrogen (secondary N) is 2. The predicted octanol–water partition coefficient (Wildman–Crippen LogP) is 5.85. The number of benzene rings is 2. The molecule has 2 aliphatic carbocycles. The van der Waals surface area contributed by atoms with Crippen LogP contribution in [0.3, 0.4) is 0 Å². The number of aliphatic imine (C=N–C) groups is 2. The highest BCUT2D eigenvalue weighted by atomic mass is 79.9. The van der Waals surface area contributed by atoms with E-state index in [1.807, 2.05) is 24.3 Å². The summed E-state index contributed by atoms with van der Waals surface area (Å²) in [6.07, 6.45) is 10.8. The van der Waals surface area contributed by atoms with E-state index in [4.69, 9.17) is 11.6 Å². The van der Waals surface area contributed by atoms with Gasteiger partial charge in [0.1, 0.15) is 22.7 Å². The molecule has 8 heteroatoms. The van der Waals surface area contributed by atoms with Crippen LogP contribution in [0.4, 0.5) is 5.69 Å². The maximum atomic E-state index is 12.1. The fourth-order valence-electron chi connectivity index (χ4n) is 5.57. The van der Waals surface area contributed by atoms with Gasteiger partial charge in [-0.15, -0.1) is 0 Å². The molecule has 0 radical (unpaired) electrons. The van der Waals surface area contributed by atoms with E-state index in [2.05, 4.69) is 36.4 Å². The molecule has 2 N–H and O–H groups in total. The molecule has 0 unspecified atom stereocenters. The molecule has 2 saturated carbocycles. The fourth-order valence-corrected chi connectivity index (χ4v) is 5.83. The third-order valence-electron chi connectivity index (χ3n) is 7.52. The molecule has 2 heterocycles. The molecule has 2 spiro atoms. The maximum absolute atomic E-state index is 12.1. The zero-order valence-corrected chi connectivity index (χ0v) is 22.3. The topological polar surface area (TPSA) is 87.3 Å². The summed E-state index contributed by atoms with van der Waals surface area (Å²) in [5, 5.41) is 6.12. The van der Waals surface area contributed by atoms with Gasteiger partial charge in [-0.3, -0.25) is 19.6 Å². The highest BCUT2D eigenvalue weighted by molar-refractivity contribution is 9.10. The Morgan fingerprint density at radius 1 is 0.676 bits per heavy atom. The smallest absolute Gasteiger partial charge is 0.272 e. The van der Waals surface area contributed by atoms with E-state index in [1.54, 1.807) is 24.3 Å². The Bertz CT molecular complexity index is 1280. The van der Waals surface area contributed by atoms with E-state index in [1.165, 1.54) is 12.8 Å². The standard InChI is InChI=1S/C15H15N3O.C14H15BrN2O/c1-16-12-7-5-11(6-8-12)13-14(19)18-15(17-13)9-3-2-4-10-15;15-11-6-4-10(5-7-11)12-13(18)17-14(16-12)8-2-1-3-9-14/h5-8H,2-4,9-10H2,(H,18,19);4-7H,1-3,8-9H2,(H,17,18). The highest BCUT2D eigenvalue weighted by Gasteiger charge is 2.41. The van der Waals surface area contributed by atoms with Gasteiger partial charge in [0.05, 0.1) is 6.57 Å². The van der Waals surface area contributed by atoms with E-state index in [0.29, 0.717) is 17.1 Å². The average molecular weight is 560 g/mol. The first kappa shape index (κ1) is 25.3. The minimum Gasteiger partial charge on any atom is -0.326 e. The van der Waals surface area contributed by atoms with Crippen LogP contribution in [0.25, 0.3) is 4.85 Å². The zero-order valence-electron chi connectivity index (χ0n) is 20.7. The first-order valence-corrected chi connectivity index (χ1v) is 13.8. The van der Waals surface area contributed by atoms with Gasteiger partial charge in [0.15, 0.2) is 5.69 Å². The van der Waals surface area contributed by atoms with Gasteiger partial charge >= 0.3 is 0 Å². The number of halogens is 1. The van der Waals surface area contributed by atoms with E-state index >= 15 is 0 Å². The third kappa shape index (κ3) is 5.52. The number of amides is 2. The first-order chi connectivity index (χ1) is 17.9. The second-order valence-electron chi connectivity index (χ2n) is 10.2. The molecule has 0 atom stereocenters. The van der Waals surface area contributed by atoms with Gasteiger partial charge in [-0.25, -0.2) is 4.85 Å². The molecule has 2 amide bonds. The van der Waals surface area contributed by atoms with E-state index in [9.17, 15) is 9.59 Å². The minimum absolute atomic E-state index is 0.0285. The number of nitrogens with zero attached hydrogens (tertiary/aromatic N) is 3. The number of carbonyl (C=O) groups excluding carboxylic acids is 2. The van der Waals surface area contributed by atoms with Crippen LogP contribution in [0, 0.1) is 6.57 Å². The molecule has 190 valence electrons. The molecule has 0 bridgehead atoms. The lowest BCUT2D eigenvalue weighted by Crippen LogP contribution is -2.43. The zero-order chi connectivity index (χ0) is 25.9. The molecule has 0 aromatic heterocycles. The van der Waals surface area contributed by atoms with Crippen LogP contribution in [0.5, 0.6) is 0 Å². The molecule has 7 nitrogen and oxygen atoms in total. The Hall–Kier alpha value is -3.31. The van der Waals surface area contributed by atoms with Crippen LogP contribution in [0.2, 0.25) is 0 Å². The molecule has 2 aromatic rings. The van der Waals surface area contributed by atoms with E-state index in [-0.39, 0.29) is 23.1 Å². The molecule has 2 fully saturated rings. The summed E-state index contributed by atoms with van der Waals surface area (Å²) < 4.78 is 1.01. The summed E-state index contributed by atoms with van der Waals surface area (Å²) in [6, 6.07) is 14.8. The van der Waals surface area contributed by atoms with Crippen molar-refractivity contribution < 1.29 is 9.59 Å². The lowest BCUT2D eigenvalue weighted by molar-refractivity contribution is -0.116. The van der Waals surface area contributed by atoms with Crippen molar-refractivity contribution in [2.75, 3.05) is 0 Å². The van der Waals surface area contributed by atoms with Crippen LogP contribution in [0.15, 0.2) is 63.0 Å². The molecule has 2 aromatic carbocycles. The summed E-state index contributed by atoms with van der Waals surface area (Å²) in [6.45, 7) is 6.93. The summed E-state index contributed by atoms with van der Waals surface area (Å²) >= 11 is 3.40. The average Bonchev–Trinajstić information content (AvgIpc) is 3.41. The summed E-state index contributed by atoms with van der Waals surface area (Å²) in [5.41, 5.74) is 2.71. The van der Waals surface area contributed by atoms with Gasteiger partial charge in [0, 0.05) is 15.6 Å². The van der Waals surface area contributed by atoms with Gasteiger partial charge in [-0.05, 0) is 63.5 Å². The Labute approximate surface area is 225 Å². The molecular weight excluding hydrogens is 530 g/mol. The molecule has 4 aliphatic rings. The Kier molecular flexibility index (Phi) is 7.25. The molecule has 2 aliphatic heterocycles. The largest absolute Gasteiger partial charge is 0.326 e. The monoisotopic (exact) mass is 559 g/mol. The van der Waals surface area contributed by atoms with Crippen LogP contribution in [-0.4, -0.2) is 34.6 Å². The minimum atomic E-state index is -0.358.